The van der Waals surface area contributed by atoms with Crippen molar-refractivity contribution in [2.45, 2.75) is 0 Å². The van der Waals surface area contributed by atoms with E-state index in [0.717, 1.165) is 0 Å². The van der Waals surface area contributed by atoms with Gasteiger partial charge in [-0.2, -0.15) is 0 Å². The zero-order chi connectivity index (χ0) is 5.98. The van der Waals surface area contributed by atoms with Crippen LogP contribution in [0.3, 0.4) is 0 Å². The molecule has 0 aromatic carbocycles. The van der Waals surface area contributed by atoms with Crippen molar-refractivity contribution >= 4 is 0 Å². The van der Waals surface area contributed by atoms with Crippen LogP contribution in [-0.4, -0.2) is 4.98 Å². The lowest BCUT2D eigenvalue weighted by atomic mass is 10.5. The molecule has 0 radical (unpaired) electrons. The van der Waals surface area contributed by atoms with E-state index < -0.39 is 0 Å². The summed E-state index contributed by atoms with van der Waals surface area (Å²) in [5.74, 6) is -0.350. The lowest BCUT2D eigenvalue weighted by Gasteiger charge is -1.99. The molecule has 42 valence electrons. The Morgan fingerprint density at radius 2 is 2.25 bits per heavy atom. The summed E-state index contributed by atoms with van der Waals surface area (Å²) in [5, 5.41) is 10.2. The van der Waals surface area contributed by atoms with Crippen LogP contribution in [0.25, 0.3) is 0 Å². The molecule has 1 aromatic rings. The molecule has 3 nitrogen and oxygen atoms in total. The molecule has 1 rings (SSSR count). The van der Waals surface area contributed by atoms with Gasteiger partial charge >= 0.3 is 0 Å². The minimum absolute atomic E-state index is 0.350. The smallest absolute Gasteiger partial charge is 0.247 e. The zero-order valence-electron chi connectivity index (χ0n) is 4.05. The number of hydrogen-bond donors (Lipinski definition) is 1. The van der Waals surface area contributed by atoms with Crippen LogP contribution in [0, 0.1) is 0 Å². The molecule has 1 aromatic heterocycles. The standard InChI is InChI=1S/C5H5NO2/c7-4-2-1-3-5(8)6-4/h1-3H,(H2,6,7,8)/p-1. The van der Waals surface area contributed by atoms with Crippen LogP contribution in [0.4, 0.5) is 0 Å². The van der Waals surface area contributed by atoms with Gasteiger partial charge in [0.05, 0.1) is 0 Å². The molecule has 0 saturated carbocycles. The fourth-order valence-corrected chi connectivity index (χ4v) is 0.428. The average molecular weight is 110 g/mol. The minimum Gasteiger partial charge on any atom is -0.860 e. The highest BCUT2D eigenvalue weighted by molar-refractivity contribution is 5.05. The van der Waals surface area contributed by atoms with Crippen molar-refractivity contribution in [1.82, 2.24) is 4.98 Å². The number of aromatic amines is 1. The first kappa shape index (κ1) is 4.90. The van der Waals surface area contributed by atoms with Gasteiger partial charge in [-0.25, -0.2) is 0 Å². The molecular weight excluding hydrogens is 106 g/mol. The molecule has 3 heteroatoms. The lowest BCUT2D eigenvalue weighted by Crippen LogP contribution is -2.06. The maximum atomic E-state index is 10.2. The molecule has 0 fully saturated rings. The monoisotopic (exact) mass is 110 g/mol. The van der Waals surface area contributed by atoms with E-state index in [1.54, 1.807) is 0 Å². The number of nitrogens with one attached hydrogen (secondary N) is 1. The zero-order valence-corrected chi connectivity index (χ0v) is 4.05. The highest BCUT2D eigenvalue weighted by Gasteiger charge is 1.74. The highest BCUT2D eigenvalue weighted by atomic mass is 16.3. The van der Waals surface area contributed by atoms with Crippen LogP contribution < -0.4 is 10.7 Å². The SMILES string of the molecule is O=c1cccc([O-])[nH]1. The molecule has 8 heavy (non-hydrogen) atoms. The number of H-pyrrole nitrogens is 1. The summed E-state index contributed by atoms with van der Waals surface area (Å²) in [6, 6.07) is 4.00. The van der Waals surface area contributed by atoms with Crippen molar-refractivity contribution in [2.24, 2.45) is 0 Å². The largest absolute Gasteiger partial charge is 0.860 e. The Balaban J connectivity index is 3.28. The number of rotatable bonds is 0. The van der Waals surface area contributed by atoms with Crippen LogP contribution >= 0.6 is 0 Å². The molecule has 1 heterocycles. The Morgan fingerprint density at radius 1 is 1.50 bits per heavy atom. The molecule has 0 spiro atoms. The predicted molar refractivity (Wildman–Crippen MR) is 26.5 cm³/mol. The van der Waals surface area contributed by atoms with Gasteiger partial charge in [0.15, 0.2) is 0 Å². The Morgan fingerprint density at radius 3 is 2.62 bits per heavy atom. The Bertz CT molecular complexity index is 228. The Labute approximate surface area is 45.6 Å². The van der Waals surface area contributed by atoms with Gasteiger partial charge in [0.2, 0.25) is 5.56 Å². The van der Waals surface area contributed by atoms with Gasteiger partial charge in [0.25, 0.3) is 0 Å². The molecule has 1 N–H and O–H groups in total. The average Bonchev–Trinajstić information content (AvgIpc) is 1.64. The first-order valence-corrected chi connectivity index (χ1v) is 2.15. The fourth-order valence-electron chi connectivity index (χ4n) is 0.428. The van der Waals surface area contributed by atoms with E-state index in [1.165, 1.54) is 18.2 Å². The molecule has 0 aliphatic carbocycles. The lowest BCUT2D eigenvalue weighted by molar-refractivity contribution is -0.275. The van der Waals surface area contributed by atoms with Crippen LogP contribution in [-0.2, 0) is 0 Å². The Hall–Kier alpha value is -1.25. The van der Waals surface area contributed by atoms with Crippen molar-refractivity contribution in [3.63, 3.8) is 0 Å². The number of aromatic nitrogens is 1. The molecule has 0 bridgehead atoms. The third-order valence-electron chi connectivity index (χ3n) is 0.742. The van der Waals surface area contributed by atoms with Crippen molar-refractivity contribution in [1.29, 1.82) is 0 Å². The summed E-state index contributed by atoms with van der Waals surface area (Å²) in [6.07, 6.45) is 0. The maximum Gasteiger partial charge on any atom is 0.247 e. The summed E-state index contributed by atoms with van der Waals surface area (Å²) < 4.78 is 0. The minimum atomic E-state index is -0.350. The Kier molecular flexibility index (Phi) is 1.04. The van der Waals surface area contributed by atoms with Crippen LogP contribution in [0.5, 0.6) is 5.88 Å². The topological polar surface area (TPSA) is 55.9 Å². The molecule has 0 amide bonds. The second-order valence-electron chi connectivity index (χ2n) is 1.38. The van der Waals surface area contributed by atoms with Crippen LogP contribution in [0.15, 0.2) is 23.0 Å². The number of pyridine rings is 1. The number of hydrogen-bond acceptors (Lipinski definition) is 2. The summed E-state index contributed by atoms with van der Waals surface area (Å²) in [5.41, 5.74) is -0.350. The molecule has 0 saturated heterocycles. The van der Waals surface area contributed by atoms with E-state index in [-0.39, 0.29) is 11.4 Å². The van der Waals surface area contributed by atoms with Gasteiger partial charge in [-0.3, -0.25) is 4.79 Å². The third-order valence-corrected chi connectivity index (χ3v) is 0.742. The summed E-state index contributed by atoms with van der Waals surface area (Å²) in [4.78, 5) is 12.3. The van der Waals surface area contributed by atoms with Crippen molar-refractivity contribution < 1.29 is 5.11 Å². The van der Waals surface area contributed by atoms with E-state index in [9.17, 15) is 9.90 Å². The van der Waals surface area contributed by atoms with E-state index in [2.05, 4.69) is 4.98 Å². The quantitative estimate of drug-likeness (QED) is 0.487. The normalized spacial score (nSPS) is 9.00. The van der Waals surface area contributed by atoms with E-state index in [4.69, 9.17) is 0 Å². The second kappa shape index (κ2) is 1.69. The van der Waals surface area contributed by atoms with Gasteiger partial charge in [0.1, 0.15) is 0 Å². The predicted octanol–water partition coefficient (Wildman–Crippen LogP) is -0.552. The molecular formula is C5H4NO2-. The maximum absolute atomic E-state index is 10.2. The van der Waals surface area contributed by atoms with E-state index in [1.807, 2.05) is 0 Å². The van der Waals surface area contributed by atoms with Gasteiger partial charge in [0, 0.05) is 6.07 Å². The van der Waals surface area contributed by atoms with Crippen LogP contribution in [0.2, 0.25) is 0 Å². The first-order chi connectivity index (χ1) is 3.79. The highest BCUT2D eigenvalue weighted by Crippen LogP contribution is 1.87. The summed E-state index contributed by atoms with van der Waals surface area (Å²) in [7, 11) is 0. The first-order valence-electron chi connectivity index (χ1n) is 2.15. The fraction of sp³-hybridized carbons (Fsp3) is 0. The van der Waals surface area contributed by atoms with Crippen molar-refractivity contribution in [2.75, 3.05) is 0 Å². The molecule has 0 unspecified atom stereocenters. The molecule has 0 atom stereocenters. The van der Waals surface area contributed by atoms with Gasteiger partial charge in [-0.05, 0) is 5.88 Å². The van der Waals surface area contributed by atoms with Crippen molar-refractivity contribution in [3.8, 4) is 5.88 Å². The summed E-state index contributed by atoms with van der Waals surface area (Å²) in [6.45, 7) is 0. The molecule has 0 aliphatic rings. The second-order valence-corrected chi connectivity index (χ2v) is 1.38. The van der Waals surface area contributed by atoms with Gasteiger partial charge in [-0.15, -0.1) is 0 Å². The van der Waals surface area contributed by atoms with E-state index in [0.29, 0.717) is 0 Å². The van der Waals surface area contributed by atoms with Gasteiger partial charge < -0.3 is 10.1 Å². The van der Waals surface area contributed by atoms with Crippen LogP contribution in [0.1, 0.15) is 0 Å². The summed E-state index contributed by atoms with van der Waals surface area (Å²) >= 11 is 0. The van der Waals surface area contributed by atoms with E-state index >= 15 is 0 Å². The third kappa shape index (κ3) is 0.872. The van der Waals surface area contributed by atoms with Crippen molar-refractivity contribution in [3.05, 3.63) is 28.6 Å². The molecule has 0 aliphatic heterocycles. The van der Waals surface area contributed by atoms with Gasteiger partial charge in [-0.1, -0.05) is 12.1 Å².